The lowest BCUT2D eigenvalue weighted by molar-refractivity contribution is -0.893. The molecule has 6 heteroatoms. The zero-order valence-corrected chi connectivity index (χ0v) is 23.3. The van der Waals surface area contributed by atoms with Crippen molar-refractivity contribution in [3.63, 3.8) is 0 Å². The topological polar surface area (TPSA) is 29.3 Å². The van der Waals surface area contributed by atoms with Crippen molar-refractivity contribution in [3.05, 3.63) is 23.3 Å². The van der Waals surface area contributed by atoms with Crippen LogP contribution in [0.15, 0.2) is 12.1 Å². The number of anilines is 2. The Bertz CT molecular complexity index is 633. The van der Waals surface area contributed by atoms with Crippen molar-refractivity contribution in [2.24, 2.45) is 0 Å². The molecule has 1 aliphatic heterocycles. The largest absolute Gasteiger partial charge is 1.00 e. The van der Waals surface area contributed by atoms with Crippen molar-refractivity contribution in [1.29, 1.82) is 0 Å². The zero-order valence-electron chi connectivity index (χ0n) is 20.5. The normalized spacial score (nSPS) is 18.1. The predicted octanol–water partition coefficient (Wildman–Crippen LogP) is 2.32. The van der Waals surface area contributed by atoms with Crippen LogP contribution < -0.4 is 23.0 Å². The van der Waals surface area contributed by atoms with E-state index in [0.717, 1.165) is 29.6 Å². The van der Waals surface area contributed by atoms with Gasteiger partial charge >= 0.3 is 0 Å². The molecule has 168 valence electrons. The van der Waals surface area contributed by atoms with Crippen molar-refractivity contribution in [2.45, 2.75) is 76.7 Å². The third kappa shape index (κ3) is 8.27. The Morgan fingerprint density at radius 2 is 1.38 bits per heavy atom. The lowest BCUT2D eigenvalue weighted by Crippen LogP contribution is -3.00. The Morgan fingerprint density at radius 1 is 0.931 bits per heavy atom. The van der Waals surface area contributed by atoms with Crippen LogP contribution in [0.25, 0.3) is 0 Å². The van der Waals surface area contributed by atoms with Crippen LogP contribution >= 0.6 is 0 Å². The number of quaternary nitrogens is 1. The van der Waals surface area contributed by atoms with Crippen molar-refractivity contribution in [2.75, 3.05) is 44.9 Å². The average Bonchev–Trinajstić information content (AvgIpc) is 3.01. The molecule has 0 bridgehead atoms. The highest BCUT2D eigenvalue weighted by atomic mass is 35.5. The zero-order chi connectivity index (χ0) is 21.3. The van der Waals surface area contributed by atoms with Gasteiger partial charge in [-0.15, -0.1) is 0 Å². The number of hydrogen-bond donors (Lipinski definition) is 1. The summed E-state index contributed by atoms with van der Waals surface area (Å²) >= 11 is 0. The Morgan fingerprint density at radius 3 is 1.72 bits per heavy atom. The number of nitrogen functional groups attached to an aromatic ring is 1. The van der Waals surface area contributed by atoms with E-state index in [2.05, 4.69) is 77.5 Å². The number of nitrogens with zero attached hydrogens (tertiary/aromatic N) is 2. The van der Waals surface area contributed by atoms with E-state index in [1.165, 1.54) is 41.9 Å². The van der Waals surface area contributed by atoms with Crippen LogP contribution in [-0.4, -0.2) is 60.9 Å². The molecule has 1 aliphatic rings. The number of aryl methyl sites for hydroxylation is 2. The highest BCUT2D eigenvalue weighted by Gasteiger charge is 2.32. The number of nitrogens with two attached hydrogens (primary N) is 1. The van der Waals surface area contributed by atoms with Crippen LogP contribution in [0.3, 0.4) is 0 Å². The summed E-state index contributed by atoms with van der Waals surface area (Å²) in [6, 6.07) is 8.19. The summed E-state index contributed by atoms with van der Waals surface area (Å²) in [7, 11) is 4.83. The summed E-state index contributed by atoms with van der Waals surface area (Å²) in [5.41, 5.74) is 12.0. The predicted molar refractivity (Wildman–Crippen MR) is 133 cm³/mol. The minimum Gasteiger partial charge on any atom is -1.00 e. The van der Waals surface area contributed by atoms with Gasteiger partial charge in [0.1, 0.15) is 6.04 Å². The van der Waals surface area contributed by atoms with Crippen LogP contribution in [0, 0.1) is 0 Å². The van der Waals surface area contributed by atoms with E-state index in [1.807, 2.05) is 0 Å². The van der Waals surface area contributed by atoms with Gasteiger partial charge in [-0.3, -0.25) is 0 Å². The fourth-order valence-corrected chi connectivity index (χ4v) is 6.02. The second-order valence-corrected chi connectivity index (χ2v) is 23.5. The molecule has 1 fully saturated rings. The minimum atomic E-state index is -1.08. The molecule has 0 radical (unpaired) electrons. The maximum atomic E-state index is 6.72. The molecule has 0 aliphatic carbocycles. The summed E-state index contributed by atoms with van der Waals surface area (Å²) in [6.45, 7) is 17.1. The van der Waals surface area contributed by atoms with E-state index in [9.17, 15) is 0 Å². The molecule has 29 heavy (non-hydrogen) atoms. The van der Waals surface area contributed by atoms with Gasteiger partial charge in [0, 0.05) is 40.5 Å². The van der Waals surface area contributed by atoms with E-state index in [-0.39, 0.29) is 12.4 Å². The molecular formula is C23H46ClN3Si2. The molecule has 1 saturated heterocycles. The first-order valence-electron chi connectivity index (χ1n) is 11.1. The summed E-state index contributed by atoms with van der Waals surface area (Å²) in [5.74, 6) is 0. The SMILES string of the molecule is C[N+](C)(C)C1CCN(c2cc(CC[Si](C)(C)C)c(N)c(CC[Si](C)(C)C)c2)C1.[Cl-]. The van der Waals surface area contributed by atoms with Gasteiger partial charge in [-0.25, -0.2) is 0 Å². The van der Waals surface area contributed by atoms with Gasteiger partial charge in [0.25, 0.3) is 0 Å². The Kier molecular flexibility index (Phi) is 8.93. The minimum absolute atomic E-state index is 0. The quantitative estimate of drug-likeness (QED) is 0.370. The van der Waals surface area contributed by atoms with Crippen LogP contribution in [0.4, 0.5) is 11.4 Å². The highest BCUT2D eigenvalue weighted by molar-refractivity contribution is 6.76. The van der Waals surface area contributed by atoms with Crippen molar-refractivity contribution < 1.29 is 16.9 Å². The lowest BCUT2D eigenvalue weighted by Gasteiger charge is -2.31. The highest BCUT2D eigenvalue weighted by Crippen LogP contribution is 2.33. The summed E-state index contributed by atoms with van der Waals surface area (Å²) in [5, 5.41) is 0. The van der Waals surface area contributed by atoms with Gasteiger partial charge in [0.15, 0.2) is 0 Å². The smallest absolute Gasteiger partial charge is 0.108 e. The molecule has 2 N–H and O–H groups in total. The molecule has 0 aromatic heterocycles. The van der Waals surface area contributed by atoms with E-state index in [1.54, 1.807) is 0 Å². The maximum absolute atomic E-state index is 6.72. The van der Waals surface area contributed by atoms with E-state index < -0.39 is 16.1 Å². The second-order valence-electron chi connectivity index (χ2n) is 12.3. The van der Waals surface area contributed by atoms with Gasteiger partial charge in [-0.05, 0) is 36.1 Å². The van der Waals surface area contributed by atoms with Crippen LogP contribution in [-0.2, 0) is 12.8 Å². The number of benzene rings is 1. The summed E-state index contributed by atoms with van der Waals surface area (Å²) in [4.78, 5) is 2.61. The molecule has 0 amide bonds. The van der Waals surface area contributed by atoms with E-state index in [0.29, 0.717) is 6.04 Å². The van der Waals surface area contributed by atoms with Crippen molar-refractivity contribution in [1.82, 2.24) is 0 Å². The van der Waals surface area contributed by atoms with E-state index in [4.69, 9.17) is 5.73 Å². The Labute approximate surface area is 189 Å². The molecule has 1 aromatic carbocycles. The molecule has 1 unspecified atom stereocenters. The molecule has 1 atom stereocenters. The Balaban J connectivity index is 0.00000420. The maximum Gasteiger partial charge on any atom is 0.108 e. The average molecular weight is 456 g/mol. The lowest BCUT2D eigenvalue weighted by atomic mass is 10.0. The molecule has 0 spiro atoms. The fraction of sp³-hybridized carbons (Fsp3) is 0.739. The first-order chi connectivity index (χ1) is 12.7. The second kappa shape index (κ2) is 9.75. The third-order valence-corrected chi connectivity index (χ3v) is 9.75. The van der Waals surface area contributed by atoms with Gasteiger partial charge < -0.3 is 27.5 Å². The third-order valence-electron chi connectivity index (χ3n) is 6.25. The van der Waals surface area contributed by atoms with Crippen LogP contribution in [0.1, 0.15) is 17.5 Å². The number of likely N-dealkylation sites (N-methyl/N-ethyl adjacent to an activating group) is 1. The van der Waals surface area contributed by atoms with Crippen molar-refractivity contribution in [3.8, 4) is 0 Å². The molecular weight excluding hydrogens is 410 g/mol. The molecule has 3 nitrogen and oxygen atoms in total. The fourth-order valence-electron chi connectivity index (χ4n) is 3.98. The summed E-state index contributed by atoms with van der Waals surface area (Å²) in [6.07, 6.45) is 3.56. The Hall–Kier alpha value is -0.496. The van der Waals surface area contributed by atoms with Gasteiger partial charge in [0.2, 0.25) is 0 Å². The van der Waals surface area contributed by atoms with Crippen LogP contribution in [0.2, 0.25) is 51.4 Å². The summed E-state index contributed by atoms with van der Waals surface area (Å²) < 4.78 is 1.05. The molecule has 1 heterocycles. The first kappa shape index (κ1) is 26.5. The molecule has 0 saturated carbocycles. The van der Waals surface area contributed by atoms with Gasteiger partial charge in [0.05, 0.1) is 27.7 Å². The van der Waals surface area contributed by atoms with E-state index >= 15 is 0 Å². The number of hydrogen-bond acceptors (Lipinski definition) is 2. The van der Waals surface area contributed by atoms with Gasteiger partial charge in [-0.1, -0.05) is 51.4 Å². The first-order valence-corrected chi connectivity index (χ1v) is 18.5. The van der Waals surface area contributed by atoms with Crippen LogP contribution in [0.5, 0.6) is 0 Å². The monoisotopic (exact) mass is 455 g/mol. The number of rotatable bonds is 8. The standard InChI is InChI=1S/C23H46N3Si2.ClH/c1-26(2,3)22-10-13-25(18-22)21-16-19(11-14-27(4,5)6)23(24)20(17-21)12-15-28(7,8)9;/h16-17,22H,10-15,18,24H2,1-9H3;1H/q+1;/p-1. The van der Waals surface area contributed by atoms with Crippen molar-refractivity contribution >= 4 is 27.5 Å². The molecule has 2 rings (SSSR count). The number of halogens is 1. The van der Waals surface area contributed by atoms with Gasteiger partial charge in [-0.2, -0.15) is 0 Å². The molecule has 1 aromatic rings.